The number of fused-ring (bicyclic) bond motifs is 1. The first-order chi connectivity index (χ1) is 11.8. The molecule has 7 nitrogen and oxygen atoms in total. The normalized spacial score (nSPS) is 26.9. The fourth-order valence-electron chi connectivity index (χ4n) is 3.59. The quantitative estimate of drug-likeness (QED) is 0.899. The van der Waals surface area contributed by atoms with Gasteiger partial charge in [0, 0.05) is 37.1 Å². The number of carbonyl (C=O) groups excluding carboxylic acids is 1. The second-order valence-corrected chi connectivity index (χ2v) is 7.25. The molecule has 1 N–H and O–H groups in total. The van der Waals surface area contributed by atoms with Crippen LogP contribution in [0.25, 0.3) is 0 Å². The van der Waals surface area contributed by atoms with Gasteiger partial charge in [-0.05, 0) is 11.8 Å². The average Bonchev–Trinajstić information content (AvgIpc) is 3.24. The predicted octanol–water partition coefficient (Wildman–Crippen LogP) is 1.27. The maximum atomic E-state index is 12.6. The van der Waals surface area contributed by atoms with Gasteiger partial charge < -0.3 is 10.1 Å². The summed E-state index contributed by atoms with van der Waals surface area (Å²) in [5, 5.41) is 5.98. The van der Waals surface area contributed by atoms with Gasteiger partial charge in [-0.3, -0.25) is 14.7 Å². The Morgan fingerprint density at radius 2 is 2.25 bits per heavy atom. The lowest BCUT2D eigenvalue weighted by molar-refractivity contribution is -0.128. The van der Waals surface area contributed by atoms with Gasteiger partial charge in [-0.15, -0.1) is 11.3 Å². The van der Waals surface area contributed by atoms with Gasteiger partial charge in [0.25, 0.3) is 0 Å². The molecule has 1 amide bonds. The summed E-state index contributed by atoms with van der Waals surface area (Å²) < 4.78 is 5.70. The molecule has 2 saturated heterocycles. The third-order valence-corrected chi connectivity index (χ3v) is 5.47. The number of rotatable bonds is 4. The van der Waals surface area contributed by atoms with Crippen LogP contribution in [0.4, 0.5) is 5.82 Å². The molecule has 0 saturated carbocycles. The third-order valence-electron chi connectivity index (χ3n) is 4.71. The van der Waals surface area contributed by atoms with Crippen molar-refractivity contribution in [2.75, 3.05) is 31.6 Å². The Kier molecular flexibility index (Phi) is 4.50. The van der Waals surface area contributed by atoms with Crippen LogP contribution in [0, 0.1) is 17.8 Å². The molecule has 2 aliphatic heterocycles. The fraction of sp³-hybridized carbons (Fsp3) is 0.500. The molecule has 0 unspecified atom stereocenters. The second kappa shape index (κ2) is 6.92. The minimum Gasteiger partial charge on any atom is -0.380 e. The number of amides is 1. The van der Waals surface area contributed by atoms with Crippen molar-refractivity contribution in [1.29, 1.82) is 0 Å². The topological polar surface area (TPSA) is 80.2 Å². The molecule has 2 fully saturated rings. The van der Waals surface area contributed by atoms with Crippen molar-refractivity contribution in [3.05, 3.63) is 35.2 Å². The molecule has 24 heavy (non-hydrogen) atoms. The molecule has 0 spiro atoms. The lowest BCUT2D eigenvalue weighted by Gasteiger charge is -2.31. The zero-order chi connectivity index (χ0) is 16.4. The number of ether oxygens (including phenoxy) is 1. The van der Waals surface area contributed by atoms with Crippen molar-refractivity contribution in [1.82, 2.24) is 19.9 Å². The highest BCUT2D eigenvalue weighted by Gasteiger charge is 2.44. The number of nitrogens with one attached hydrogen (secondary N) is 1. The molecule has 4 rings (SSSR count). The number of hydrogen-bond acceptors (Lipinski definition) is 7. The Morgan fingerprint density at radius 3 is 3.04 bits per heavy atom. The molecule has 2 aromatic heterocycles. The Morgan fingerprint density at radius 1 is 1.29 bits per heavy atom. The van der Waals surface area contributed by atoms with Crippen LogP contribution in [0.2, 0.25) is 0 Å². The number of anilines is 1. The van der Waals surface area contributed by atoms with Gasteiger partial charge >= 0.3 is 0 Å². The standard InChI is InChI=1S/C16H19N5O2S/c22-16(20-14-5-17-1-2-18-14)13-10-23-9-11-6-21(7-12(11)13)8-15-19-3-4-24-15/h1-5,11-13H,6-10H2,(H,18,20,22)/t11-,12-,13+/m0/s1. The SMILES string of the molecule is O=C(Nc1cnccn1)[C@@H]1COC[C@@H]2CN(Cc3nccs3)C[C@@H]21. The van der Waals surface area contributed by atoms with E-state index in [2.05, 4.69) is 25.2 Å². The van der Waals surface area contributed by atoms with Crippen LogP contribution < -0.4 is 5.32 Å². The van der Waals surface area contributed by atoms with Crippen LogP contribution >= 0.6 is 11.3 Å². The van der Waals surface area contributed by atoms with Crippen molar-refractivity contribution in [3.63, 3.8) is 0 Å². The van der Waals surface area contributed by atoms with E-state index in [1.54, 1.807) is 29.9 Å². The largest absolute Gasteiger partial charge is 0.380 e. The number of thiazole rings is 1. The summed E-state index contributed by atoms with van der Waals surface area (Å²) in [6.45, 7) is 3.92. The van der Waals surface area contributed by atoms with Crippen molar-refractivity contribution < 1.29 is 9.53 Å². The van der Waals surface area contributed by atoms with E-state index in [1.165, 1.54) is 0 Å². The monoisotopic (exact) mass is 345 g/mol. The van der Waals surface area contributed by atoms with Crippen molar-refractivity contribution in [2.45, 2.75) is 6.54 Å². The minimum atomic E-state index is -0.146. The fourth-order valence-corrected chi connectivity index (χ4v) is 4.25. The first-order valence-electron chi connectivity index (χ1n) is 8.05. The van der Waals surface area contributed by atoms with Crippen LogP contribution in [0.1, 0.15) is 5.01 Å². The molecule has 0 aromatic carbocycles. The maximum Gasteiger partial charge on any atom is 0.231 e. The first kappa shape index (κ1) is 15.6. The third kappa shape index (κ3) is 3.31. The van der Waals surface area contributed by atoms with E-state index in [-0.39, 0.29) is 11.8 Å². The van der Waals surface area contributed by atoms with Crippen LogP contribution in [-0.2, 0) is 16.1 Å². The molecule has 8 heteroatoms. The highest BCUT2D eigenvalue weighted by atomic mass is 32.1. The van der Waals surface area contributed by atoms with Crippen molar-refractivity contribution in [3.8, 4) is 0 Å². The summed E-state index contributed by atoms with van der Waals surface area (Å²) in [4.78, 5) is 27.5. The van der Waals surface area contributed by atoms with Gasteiger partial charge in [0.15, 0.2) is 5.82 Å². The van der Waals surface area contributed by atoms with E-state index in [0.29, 0.717) is 24.3 Å². The van der Waals surface area contributed by atoms with Crippen molar-refractivity contribution >= 4 is 23.1 Å². The molecule has 4 heterocycles. The molecule has 2 aliphatic rings. The lowest BCUT2D eigenvalue weighted by atomic mass is 9.82. The zero-order valence-corrected chi connectivity index (χ0v) is 14.0. The number of likely N-dealkylation sites (tertiary alicyclic amines) is 1. The summed E-state index contributed by atoms with van der Waals surface area (Å²) in [6.07, 6.45) is 6.55. The summed E-state index contributed by atoms with van der Waals surface area (Å²) in [7, 11) is 0. The van der Waals surface area contributed by atoms with Gasteiger partial charge in [0.1, 0.15) is 5.01 Å². The number of aromatic nitrogens is 3. The Hall–Kier alpha value is -1.90. The van der Waals surface area contributed by atoms with E-state index in [4.69, 9.17) is 4.74 Å². The van der Waals surface area contributed by atoms with Gasteiger partial charge in [-0.2, -0.15) is 0 Å². The van der Waals surface area contributed by atoms with Gasteiger partial charge in [-0.1, -0.05) is 0 Å². The summed E-state index contributed by atoms with van der Waals surface area (Å²) in [5.74, 6) is 1.03. The molecule has 0 bridgehead atoms. The minimum absolute atomic E-state index is 0.0266. The average molecular weight is 345 g/mol. The molecule has 126 valence electrons. The second-order valence-electron chi connectivity index (χ2n) is 6.27. The first-order valence-corrected chi connectivity index (χ1v) is 8.93. The maximum absolute atomic E-state index is 12.6. The number of carbonyl (C=O) groups is 1. The molecule has 0 aliphatic carbocycles. The predicted molar refractivity (Wildman–Crippen MR) is 89.3 cm³/mol. The zero-order valence-electron chi connectivity index (χ0n) is 13.2. The highest BCUT2D eigenvalue weighted by molar-refractivity contribution is 7.09. The van der Waals surface area contributed by atoms with E-state index >= 15 is 0 Å². The Balaban J connectivity index is 1.42. The van der Waals surface area contributed by atoms with E-state index in [0.717, 1.165) is 31.2 Å². The molecule has 3 atom stereocenters. The molecule has 2 aromatic rings. The van der Waals surface area contributed by atoms with Gasteiger partial charge in [0.2, 0.25) is 5.91 Å². The van der Waals surface area contributed by atoms with Crippen LogP contribution in [-0.4, -0.2) is 52.1 Å². The van der Waals surface area contributed by atoms with Gasteiger partial charge in [0.05, 0.1) is 31.9 Å². The summed E-state index contributed by atoms with van der Waals surface area (Å²) >= 11 is 1.67. The van der Waals surface area contributed by atoms with Crippen LogP contribution in [0.3, 0.4) is 0 Å². The molecular formula is C16H19N5O2S. The number of nitrogens with zero attached hydrogens (tertiary/aromatic N) is 4. The lowest BCUT2D eigenvalue weighted by Crippen LogP contribution is -2.42. The van der Waals surface area contributed by atoms with Gasteiger partial charge in [-0.25, -0.2) is 9.97 Å². The Bertz CT molecular complexity index is 681. The van der Waals surface area contributed by atoms with E-state index in [1.807, 2.05) is 11.6 Å². The van der Waals surface area contributed by atoms with Crippen LogP contribution in [0.5, 0.6) is 0 Å². The summed E-state index contributed by atoms with van der Waals surface area (Å²) in [6, 6.07) is 0. The van der Waals surface area contributed by atoms with Crippen molar-refractivity contribution in [2.24, 2.45) is 17.8 Å². The molecule has 0 radical (unpaired) electrons. The molecular weight excluding hydrogens is 326 g/mol. The number of hydrogen-bond donors (Lipinski definition) is 1. The van der Waals surface area contributed by atoms with E-state index < -0.39 is 0 Å². The van der Waals surface area contributed by atoms with Crippen LogP contribution in [0.15, 0.2) is 30.2 Å². The highest BCUT2D eigenvalue weighted by Crippen LogP contribution is 2.35. The summed E-state index contributed by atoms with van der Waals surface area (Å²) in [5.41, 5.74) is 0. The van der Waals surface area contributed by atoms with E-state index in [9.17, 15) is 4.79 Å². The Labute approximate surface area is 144 Å². The smallest absolute Gasteiger partial charge is 0.231 e.